The summed E-state index contributed by atoms with van der Waals surface area (Å²) in [5.41, 5.74) is 0.983. The summed E-state index contributed by atoms with van der Waals surface area (Å²) in [4.78, 5) is 14.8. The van der Waals surface area contributed by atoms with Crippen LogP contribution in [-0.2, 0) is 11.3 Å². The Kier molecular flexibility index (Phi) is 3.97. The molecule has 4 nitrogen and oxygen atoms in total. The quantitative estimate of drug-likeness (QED) is 0.916. The van der Waals surface area contributed by atoms with E-state index in [4.69, 9.17) is 4.74 Å². The van der Waals surface area contributed by atoms with Crippen molar-refractivity contribution in [2.75, 3.05) is 13.2 Å². The minimum atomic E-state index is -1.02. The molecular weight excluding hydrogens is 290 g/mol. The van der Waals surface area contributed by atoms with Crippen LogP contribution in [0, 0.1) is 17.6 Å². The highest BCUT2D eigenvalue weighted by molar-refractivity contribution is 5.86. The molecule has 0 amide bonds. The molecule has 0 spiro atoms. The predicted molar refractivity (Wildman–Crippen MR) is 79.7 cm³/mol. The van der Waals surface area contributed by atoms with Gasteiger partial charge >= 0.3 is 0 Å². The fourth-order valence-electron chi connectivity index (χ4n) is 2.80. The van der Waals surface area contributed by atoms with E-state index in [0.717, 1.165) is 24.2 Å². The lowest BCUT2D eigenvalue weighted by Gasteiger charge is -2.28. The van der Waals surface area contributed by atoms with Crippen LogP contribution >= 0.6 is 0 Å². The summed E-state index contributed by atoms with van der Waals surface area (Å²) in [7, 11) is 0. The molecule has 22 heavy (non-hydrogen) atoms. The molecular formula is C16H18F2N2O2. The Morgan fingerprint density at radius 2 is 2.00 bits per heavy atom. The Bertz CT molecular complexity index is 771. The van der Waals surface area contributed by atoms with Crippen molar-refractivity contribution in [2.24, 2.45) is 5.92 Å². The monoisotopic (exact) mass is 308 g/mol. The van der Waals surface area contributed by atoms with Crippen molar-refractivity contribution in [3.63, 3.8) is 0 Å². The maximum atomic E-state index is 13.7. The third-order valence-corrected chi connectivity index (χ3v) is 3.84. The highest BCUT2D eigenvalue weighted by Crippen LogP contribution is 2.30. The molecule has 2 N–H and O–H groups in total. The lowest BCUT2D eigenvalue weighted by Crippen LogP contribution is -2.34. The van der Waals surface area contributed by atoms with Crippen LogP contribution in [0.1, 0.15) is 31.1 Å². The molecule has 1 aromatic carbocycles. The summed E-state index contributed by atoms with van der Waals surface area (Å²) < 4.78 is 32.6. The van der Waals surface area contributed by atoms with Crippen LogP contribution in [0.2, 0.25) is 0 Å². The van der Waals surface area contributed by atoms with E-state index < -0.39 is 17.2 Å². The molecule has 1 atom stereocenters. The van der Waals surface area contributed by atoms with Crippen LogP contribution in [0.5, 0.6) is 0 Å². The van der Waals surface area contributed by atoms with Gasteiger partial charge in [-0.15, -0.1) is 0 Å². The van der Waals surface area contributed by atoms with Gasteiger partial charge in [0, 0.05) is 11.3 Å². The van der Waals surface area contributed by atoms with Crippen LogP contribution in [-0.4, -0.2) is 18.1 Å². The van der Waals surface area contributed by atoms with Gasteiger partial charge in [-0.25, -0.2) is 8.78 Å². The normalized spacial score (nSPS) is 18.0. The molecule has 2 aromatic rings. The largest absolute Gasteiger partial charge is 0.373 e. The second-order valence-corrected chi connectivity index (χ2v) is 6.03. The lowest BCUT2D eigenvalue weighted by molar-refractivity contribution is 0.0788. The Hall–Kier alpha value is -1.79. The molecule has 2 heterocycles. The standard InChI is InChI=1S/C16H18F2N2O2/c1-8(2)5-19-13-6-22-7-14-15(13)9-3-11(17)12(18)4-10(9)16(21)20-14/h3-4,8,13,19H,5-7H2,1-2H3,(H,20,21). The summed E-state index contributed by atoms with van der Waals surface area (Å²) in [5.74, 6) is -1.53. The molecule has 0 bridgehead atoms. The number of rotatable bonds is 3. The molecule has 0 aliphatic carbocycles. The first-order chi connectivity index (χ1) is 10.5. The molecule has 0 saturated heterocycles. The van der Waals surface area contributed by atoms with Gasteiger partial charge in [0.25, 0.3) is 5.56 Å². The molecule has 118 valence electrons. The highest BCUT2D eigenvalue weighted by atomic mass is 19.2. The van der Waals surface area contributed by atoms with E-state index in [2.05, 4.69) is 24.1 Å². The average Bonchev–Trinajstić information content (AvgIpc) is 2.47. The van der Waals surface area contributed by atoms with Gasteiger partial charge in [0.1, 0.15) is 0 Å². The molecule has 6 heteroatoms. The number of hydrogen-bond acceptors (Lipinski definition) is 3. The number of H-pyrrole nitrogens is 1. The van der Waals surface area contributed by atoms with E-state index in [1.165, 1.54) is 0 Å². The Balaban J connectivity index is 2.18. The van der Waals surface area contributed by atoms with Gasteiger partial charge in [0.05, 0.1) is 24.6 Å². The van der Waals surface area contributed by atoms with E-state index in [1.807, 2.05) is 0 Å². The summed E-state index contributed by atoms with van der Waals surface area (Å²) in [6, 6.07) is 1.91. The minimum absolute atomic E-state index is 0.157. The Labute approximate surface area is 126 Å². The SMILES string of the molecule is CC(C)CNC1COCc2[nH]c(=O)c3cc(F)c(F)cc3c21. The first-order valence-corrected chi connectivity index (χ1v) is 7.32. The predicted octanol–water partition coefficient (Wildman–Crippen LogP) is 2.62. The lowest BCUT2D eigenvalue weighted by atomic mass is 9.96. The summed E-state index contributed by atoms with van der Waals surface area (Å²) in [6.45, 7) is 5.62. The van der Waals surface area contributed by atoms with Gasteiger partial charge in [-0.1, -0.05) is 13.8 Å². The fraction of sp³-hybridized carbons (Fsp3) is 0.438. The zero-order chi connectivity index (χ0) is 15.9. The van der Waals surface area contributed by atoms with E-state index in [-0.39, 0.29) is 18.0 Å². The summed E-state index contributed by atoms with van der Waals surface area (Å²) >= 11 is 0. The molecule has 1 unspecified atom stereocenters. The van der Waals surface area contributed by atoms with Crippen molar-refractivity contribution in [3.8, 4) is 0 Å². The van der Waals surface area contributed by atoms with Crippen LogP contribution in [0.25, 0.3) is 10.8 Å². The van der Waals surface area contributed by atoms with Gasteiger partial charge in [0.15, 0.2) is 11.6 Å². The molecule has 0 radical (unpaired) electrons. The molecule has 0 fully saturated rings. The van der Waals surface area contributed by atoms with E-state index in [1.54, 1.807) is 0 Å². The second-order valence-electron chi connectivity index (χ2n) is 6.03. The van der Waals surface area contributed by atoms with Crippen molar-refractivity contribution >= 4 is 10.8 Å². The molecule has 1 aliphatic heterocycles. The van der Waals surface area contributed by atoms with Gasteiger partial charge in [0.2, 0.25) is 0 Å². The fourth-order valence-corrected chi connectivity index (χ4v) is 2.80. The molecule has 1 aliphatic rings. The molecule has 0 saturated carbocycles. The first-order valence-electron chi connectivity index (χ1n) is 7.32. The number of fused-ring (bicyclic) bond motifs is 3. The topological polar surface area (TPSA) is 54.1 Å². The highest BCUT2D eigenvalue weighted by Gasteiger charge is 2.25. The third kappa shape index (κ3) is 2.64. The third-order valence-electron chi connectivity index (χ3n) is 3.84. The number of nitrogens with one attached hydrogen (secondary N) is 2. The maximum absolute atomic E-state index is 13.7. The van der Waals surface area contributed by atoms with Crippen LogP contribution < -0.4 is 10.9 Å². The Morgan fingerprint density at radius 1 is 1.32 bits per heavy atom. The number of halogens is 2. The van der Waals surface area contributed by atoms with E-state index in [9.17, 15) is 13.6 Å². The average molecular weight is 308 g/mol. The second kappa shape index (κ2) is 5.78. The van der Waals surface area contributed by atoms with Crippen LogP contribution in [0.4, 0.5) is 8.78 Å². The number of pyridine rings is 1. The number of ether oxygens (including phenoxy) is 1. The van der Waals surface area contributed by atoms with Gasteiger partial charge < -0.3 is 15.0 Å². The number of aromatic amines is 1. The molecule has 1 aromatic heterocycles. The number of benzene rings is 1. The molecule has 3 rings (SSSR count). The maximum Gasteiger partial charge on any atom is 0.256 e. The smallest absolute Gasteiger partial charge is 0.256 e. The Morgan fingerprint density at radius 3 is 2.68 bits per heavy atom. The van der Waals surface area contributed by atoms with Crippen molar-refractivity contribution < 1.29 is 13.5 Å². The summed E-state index contributed by atoms with van der Waals surface area (Å²) in [6.07, 6.45) is 0. The zero-order valence-corrected chi connectivity index (χ0v) is 12.5. The van der Waals surface area contributed by atoms with Crippen LogP contribution in [0.3, 0.4) is 0 Å². The number of hydrogen-bond donors (Lipinski definition) is 2. The minimum Gasteiger partial charge on any atom is -0.373 e. The van der Waals surface area contributed by atoms with Gasteiger partial charge in [-0.2, -0.15) is 0 Å². The van der Waals surface area contributed by atoms with Crippen molar-refractivity contribution in [1.29, 1.82) is 0 Å². The van der Waals surface area contributed by atoms with Gasteiger partial charge in [-0.05, 0) is 30.0 Å². The van der Waals surface area contributed by atoms with E-state index in [0.29, 0.717) is 23.6 Å². The van der Waals surface area contributed by atoms with Crippen LogP contribution in [0.15, 0.2) is 16.9 Å². The number of aromatic nitrogens is 1. The van der Waals surface area contributed by atoms with Crippen molar-refractivity contribution in [3.05, 3.63) is 45.4 Å². The van der Waals surface area contributed by atoms with Crippen molar-refractivity contribution in [1.82, 2.24) is 10.3 Å². The van der Waals surface area contributed by atoms with E-state index >= 15 is 0 Å². The van der Waals surface area contributed by atoms with Gasteiger partial charge in [-0.3, -0.25) is 4.79 Å². The first kappa shape index (κ1) is 15.1. The van der Waals surface area contributed by atoms with Crippen molar-refractivity contribution in [2.45, 2.75) is 26.5 Å². The zero-order valence-electron chi connectivity index (χ0n) is 12.5. The summed E-state index contributed by atoms with van der Waals surface area (Å²) in [5, 5.41) is 3.97.